The lowest BCUT2D eigenvalue weighted by Crippen LogP contribution is -2.03. The fourth-order valence-electron chi connectivity index (χ4n) is 3.99. The second kappa shape index (κ2) is 12.9. The number of hydrogen-bond donors (Lipinski definition) is 2. The molecule has 0 aliphatic rings. The molecule has 40 heavy (non-hydrogen) atoms. The number of para-hydroxylation sites is 2. The lowest BCUT2D eigenvalue weighted by molar-refractivity contribution is 0.287. The van der Waals surface area contributed by atoms with Gasteiger partial charge in [-0.25, -0.2) is 16.8 Å². The summed E-state index contributed by atoms with van der Waals surface area (Å²) in [7, 11) is -7.64. The van der Waals surface area contributed by atoms with Crippen LogP contribution in [0.5, 0.6) is 23.0 Å². The predicted octanol–water partition coefficient (Wildman–Crippen LogP) is 5.78. The van der Waals surface area contributed by atoms with E-state index in [9.17, 15) is 27.0 Å². The number of sulfone groups is 2. The number of phenols is 2. The van der Waals surface area contributed by atoms with Crippen molar-refractivity contribution in [1.29, 1.82) is 0 Å². The standard InChI is InChI=1S/C30H30O8S2/c31-27-9-3-5-11-29(27)39(33,34)25-17-13-23(14-18-25)37-21-7-1-2-8-22-38-24-15-19-26(20-16-24)40(35,36)30-12-6-4-10-28(30)32/h3-6,9-20,31-32H,1-2,7-8,21-22H2. The van der Waals surface area contributed by atoms with Gasteiger partial charge in [-0.15, -0.1) is 0 Å². The van der Waals surface area contributed by atoms with Crippen molar-refractivity contribution in [3.05, 3.63) is 97.1 Å². The third-order valence-electron chi connectivity index (χ3n) is 6.15. The Morgan fingerprint density at radius 1 is 0.475 bits per heavy atom. The molecule has 0 unspecified atom stereocenters. The average molecular weight is 583 g/mol. The molecule has 0 bridgehead atoms. The van der Waals surface area contributed by atoms with Gasteiger partial charge in [0.1, 0.15) is 32.8 Å². The summed E-state index contributed by atoms with van der Waals surface area (Å²) in [5.41, 5.74) is 0. The molecule has 0 radical (unpaired) electrons. The predicted molar refractivity (Wildman–Crippen MR) is 149 cm³/mol. The van der Waals surface area contributed by atoms with Crippen LogP contribution in [0, 0.1) is 0 Å². The van der Waals surface area contributed by atoms with E-state index in [1.165, 1.54) is 48.5 Å². The smallest absolute Gasteiger partial charge is 0.210 e. The van der Waals surface area contributed by atoms with Crippen molar-refractivity contribution in [2.45, 2.75) is 45.3 Å². The molecule has 0 aliphatic carbocycles. The van der Waals surface area contributed by atoms with Crippen LogP contribution in [0.4, 0.5) is 0 Å². The van der Waals surface area contributed by atoms with Gasteiger partial charge in [-0.1, -0.05) is 24.3 Å². The number of hydrogen-bond acceptors (Lipinski definition) is 8. The molecular weight excluding hydrogens is 552 g/mol. The van der Waals surface area contributed by atoms with Crippen LogP contribution in [0.1, 0.15) is 25.7 Å². The molecule has 0 saturated heterocycles. The Kier molecular flexibility index (Phi) is 9.34. The Hall–Kier alpha value is -4.02. The zero-order valence-electron chi connectivity index (χ0n) is 21.6. The summed E-state index contributed by atoms with van der Waals surface area (Å²) in [6.07, 6.45) is 3.47. The number of benzene rings is 4. The molecule has 0 heterocycles. The van der Waals surface area contributed by atoms with Gasteiger partial charge < -0.3 is 19.7 Å². The third-order valence-corrected chi connectivity index (χ3v) is 9.79. The lowest BCUT2D eigenvalue weighted by Gasteiger charge is -2.10. The number of aromatic hydroxyl groups is 2. The van der Waals surface area contributed by atoms with Crippen molar-refractivity contribution >= 4 is 19.7 Å². The van der Waals surface area contributed by atoms with Crippen LogP contribution in [0.25, 0.3) is 0 Å². The van der Waals surface area contributed by atoms with E-state index in [1.807, 2.05) is 0 Å². The second-order valence-electron chi connectivity index (χ2n) is 9.00. The first-order chi connectivity index (χ1) is 19.2. The molecule has 0 saturated carbocycles. The molecule has 0 amide bonds. The van der Waals surface area contributed by atoms with E-state index in [2.05, 4.69) is 0 Å². The largest absolute Gasteiger partial charge is 0.507 e. The molecule has 0 aromatic heterocycles. The quantitative estimate of drug-likeness (QED) is 0.190. The van der Waals surface area contributed by atoms with Crippen molar-refractivity contribution in [3.8, 4) is 23.0 Å². The Morgan fingerprint density at radius 3 is 1.18 bits per heavy atom. The van der Waals surface area contributed by atoms with E-state index >= 15 is 0 Å². The van der Waals surface area contributed by atoms with Crippen LogP contribution < -0.4 is 9.47 Å². The Morgan fingerprint density at radius 2 is 0.825 bits per heavy atom. The van der Waals surface area contributed by atoms with Gasteiger partial charge >= 0.3 is 0 Å². The SMILES string of the molecule is O=S(=O)(c1ccc(OCCCCCCOc2ccc(S(=O)(=O)c3ccccc3O)cc2)cc1)c1ccccc1O. The van der Waals surface area contributed by atoms with Gasteiger partial charge in [0.05, 0.1) is 23.0 Å². The van der Waals surface area contributed by atoms with Crippen molar-refractivity contribution in [1.82, 2.24) is 0 Å². The fourth-order valence-corrected chi connectivity index (χ4v) is 6.69. The summed E-state index contributed by atoms with van der Waals surface area (Å²) < 4.78 is 62.3. The number of phenolic OH excluding ortho intramolecular Hbond substituents is 2. The van der Waals surface area contributed by atoms with E-state index in [4.69, 9.17) is 9.47 Å². The highest BCUT2D eigenvalue weighted by molar-refractivity contribution is 7.92. The molecular formula is C30H30O8S2. The minimum absolute atomic E-state index is 0.0769. The Balaban J connectivity index is 1.15. The molecule has 10 heteroatoms. The van der Waals surface area contributed by atoms with Crippen LogP contribution in [0.3, 0.4) is 0 Å². The molecule has 4 aromatic rings. The summed E-state index contributed by atoms with van der Waals surface area (Å²) in [5, 5.41) is 19.8. The summed E-state index contributed by atoms with van der Waals surface area (Å²) in [6, 6.07) is 23.9. The van der Waals surface area contributed by atoms with E-state index < -0.39 is 19.7 Å². The Labute approximate surface area is 234 Å². The first-order valence-electron chi connectivity index (χ1n) is 12.7. The van der Waals surface area contributed by atoms with E-state index in [-0.39, 0.29) is 31.1 Å². The van der Waals surface area contributed by atoms with E-state index in [0.717, 1.165) is 25.7 Å². The van der Waals surface area contributed by atoms with E-state index in [1.54, 1.807) is 48.5 Å². The van der Waals surface area contributed by atoms with Gasteiger partial charge in [0.15, 0.2) is 0 Å². The van der Waals surface area contributed by atoms with Crippen molar-refractivity contribution in [3.63, 3.8) is 0 Å². The molecule has 8 nitrogen and oxygen atoms in total. The number of unbranched alkanes of at least 4 members (excludes halogenated alkanes) is 3. The summed E-state index contributed by atoms with van der Waals surface area (Å²) in [6.45, 7) is 0.971. The zero-order chi connectivity index (χ0) is 28.6. The maximum absolute atomic E-state index is 12.7. The molecule has 0 aliphatic heterocycles. The maximum atomic E-state index is 12.7. The zero-order valence-corrected chi connectivity index (χ0v) is 23.3. The van der Waals surface area contributed by atoms with Gasteiger partial charge in [-0.05, 0) is 98.5 Å². The van der Waals surface area contributed by atoms with Gasteiger partial charge in [0, 0.05) is 0 Å². The van der Waals surface area contributed by atoms with Gasteiger partial charge in [-0.3, -0.25) is 0 Å². The van der Waals surface area contributed by atoms with Crippen molar-refractivity contribution in [2.75, 3.05) is 13.2 Å². The normalized spacial score (nSPS) is 11.7. The lowest BCUT2D eigenvalue weighted by atomic mass is 10.2. The van der Waals surface area contributed by atoms with Crippen molar-refractivity contribution < 1.29 is 36.5 Å². The first kappa shape index (κ1) is 29.0. The minimum Gasteiger partial charge on any atom is -0.507 e. The number of rotatable bonds is 13. The summed E-state index contributed by atoms with van der Waals surface area (Å²) in [5.74, 6) is 0.546. The van der Waals surface area contributed by atoms with Crippen LogP contribution >= 0.6 is 0 Å². The van der Waals surface area contributed by atoms with Crippen LogP contribution in [0.15, 0.2) is 117 Å². The van der Waals surface area contributed by atoms with Crippen LogP contribution in [-0.4, -0.2) is 40.3 Å². The van der Waals surface area contributed by atoms with Gasteiger partial charge in [-0.2, -0.15) is 0 Å². The summed E-state index contributed by atoms with van der Waals surface area (Å²) in [4.78, 5) is -0.121. The van der Waals surface area contributed by atoms with Gasteiger partial charge in [0.2, 0.25) is 19.7 Å². The molecule has 0 spiro atoms. The molecule has 4 aromatic carbocycles. The maximum Gasteiger partial charge on any atom is 0.210 e. The van der Waals surface area contributed by atoms with Gasteiger partial charge in [0.25, 0.3) is 0 Å². The Bertz CT molecular complexity index is 1510. The molecule has 210 valence electrons. The minimum atomic E-state index is -3.82. The fraction of sp³-hybridized carbons (Fsp3) is 0.200. The summed E-state index contributed by atoms with van der Waals surface area (Å²) >= 11 is 0. The second-order valence-corrected chi connectivity index (χ2v) is 12.8. The van der Waals surface area contributed by atoms with E-state index in [0.29, 0.717) is 24.7 Å². The molecule has 0 atom stereocenters. The van der Waals surface area contributed by atoms with Crippen LogP contribution in [-0.2, 0) is 19.7 Å². The first-order valence-corrected chi connectivity index (χ1v) is 15.7. The highest BCUT2D eigenvalue weighted by atomic mass is 32.2. The third kappa shape index (κ3) is 6.94. The topological polar surface area (TPSA) is 127 Å². The highest BCUT2D eigenvalue weighted by Crippen LogP contribution is 2.30. The molecule has 2 N–H and O–H groups in total. The molecule has 0 fully saturated rings. The highest BCUT2D eigenvalue weighted by Gasteiger charge is 2.22. The average Bonchev–Trinajstić information content (AvgIpc) is 2.95. The molecule has 4 rings (SSSR count). The number of ether oxygens (including phenoxy) is 2. The van der Waals surface area contributed by atoms with Crippen molar-refractivity contribution in [2.24, 2.45) is 0 Å². The van der Waals surface area contributed by atoms with Crippen LogP contribution in [0.2, 0.25) is 0 Å². The monoisotopic (exact) mass is 582 g/mol.